The zero-order valence-corrected chi connectivity index (χ0v) is 10.9. The largest absolute Gasteiger partial charge is 0.504 e. The summed E-state index contributed by atoms with van der Waals surface area (Å²) >= 11 is 0. The summed E-state index contributed by atoms with van der Waals surface area (Å²) in [6, 6.07) is 4.83. The summed E-state index contributed by atoms with van der Waals surface area (Å²) in [4.78, 5) is 11.9. The molecule has 18 heavy (non-hydrogen) atoms. The Labute approximate surface area is 105 Å². The Hall–Kier alpha value is -1.97. The molecular weight excluding hydrogens is 232 g/mol. The van der Waals surface area contributed by atoms with E-state index in [9.17, 15) is 9.90 Å². The molecular formula is C14H16O4. The summed E-state index contributed by atoms with van der Waals surface area (Å²) in [6.45, 7) is 5.84. The first kappa shape index (κ1) is 12.5. The van der Waals surface area contributed by atoms with Crippen LogP contribution in [-0.4, -0.2) is 12.2 Å². The van der Waals surface area contributed by atoms with Gasteiger partial charge < -0.3 is 14.3 Å². The van der Waals surface area contributed by atoms with E-state index in [1.165, 1.54) is 13.2 Å². The summed E-state index contributed by atoms with van der Waals surface area (Å²) in [5.74, 6) is 0.313. The van der Waals surface area contributed by atoms with Gasteiger partial charge in [0.15, 0.2) is 11.5 Å². The molecule has 0 aliphatic rings. The zero-order chi connectivity index (χ0) is 13.5. The van der Waals surface area contributed by atoms with E-state index in [1.807, 2.05) is 20.8 Å². The van der Waals surface area contributed by atoms with Crippen LogP contribution >= 0.6 is 0 Å². The van der Waals surface area contributed by atoms with Crippen LogP contribution in [0, 0.1) is 0 Å². The van der Waals surface area contributed by atoms with E-state index in [1.54, 1.807) is 12.1 Å². The SMILES string of the molecule is COc1cc2cc(C(C)(C)C)c(=O)oc2cc1O. The first-order valence-electron chi connectivity index (χ1n) is 5.68. The lowest BCUT2D eigenvalue weighted by molar-refractivity contribution is 0.373. The van der Waals surface area contributed by atoms with Crippen molar-refractivity contribution in [3.8, 4) is 11.5 Å². The van der Waals surface area contributed by atoms with Crippen LogP contribution in [0.3, 0.4) is 0 Å². The van der Waals surface area contributed by atoms with Gasteiger partial charge in [-0.25, -0.2) is 4.79 Å². The van der Waals surface area contributed by atoms with Gasteiger partial charge in [-0.15, -0.1) is 0 Å². The molecule has 0 aliphatic heterocycles. The fourth-order valence-electron chi connectivity index (χ4n) is 1.82. The third-order valence-electron chi connectivity index (χ3n) is 2.84. The highest BCUT2D eigenvalue weighted by molar-refractivity contribution is 5.81. The number of hydrogen-bond donors (Lipinski definition) is 1. The summed E-state index contributed by atoms with van der Waals surface area (Å²) in [5, 5.41) is 10.4. The third kappa shape index (κ3) is 2.06. The van der Waals surface area contributed by atoms with Crippen molar-refractivity contribution >= 4 is 11.0 Å². The van der Waals surface area contributed by atoms with E-state index in [4.69, 9.17) is 9.15 Å². The standard InChI is InChI=1S/C14H16O4/c1-14(2,3)9-5-8-6-12(17-4)10(15)7-11(8)18-13(9)16/h5-7,15H,1-4H3. The minimum atomic E-state index is -0.375. The number of methoxy groups -OCH3 is 1. The maximum Gasteiger partial charge on any atom is 0.339 e. The van der Waals surface area contributed by atoms with Gasteiger partial charge >= 0.3 is 5.63 Å². The molecule has 1 aromatic carbocycles. The predicted molar refractivity (Wildman–Crippen MR) is 69.4 cm³/mol. The van der Waals surface area contributed by atoms with E-state index < -0.39 is 0 Å². The average molecular weight is 248 g/mol. The van der Waals surface area contributed by atoms with Crippen LogP contribution in [-0.2, 0) is 5.41 Å². The van der Waals surface area contributed by atoms with Crippen molar-refractivity contribution in [2.24, 2.45) is 0 Å². The van der Waals surface area contributed by atoms with Crippen molar-refractivity contribution in [3.05, 3.63) is 34.2 Å². The fraction of sp³-hybridized carbons (Fsp3) is 0.357. The summed E-state index contributed by atoms with van der Waals surface area (Å²) < 4.78 is 10.3. The predicted octanol–water partition coefficient (Wildman–Crippen LogP) is 2.80. The molecule has 0 unspecified atom stereocenters. The molecule has 1 heterocycles. The van der Waals surface area contributed by atoms with Crippen molar-refractivity contribution < 1.29 is 14.3 Å². The Morgan fingerprint density at radius 3 is 2.44 bits per heavy atom. The van der Waals surface area contributed by atoms with Crippen LogP contribution in [0.2, 0.25) is 0 Å². The van der Waals surface area contributed by atoms with Crippen LogP contribution in [0.4, 0.5) is 0 Å². The lowest BCUT2D eigenvalue weighted by Crippen LogP contribution is -2.21. The molecule has 2 aromatic rings. The second-order valence-corrected chi connectivity index (χ2v) is 5.26. The minimum Gasteiger partial charge on any atom is -0.504 e. The van der Waals surface area contributed by atoms with Gasteiger partial charge in [0.05, 0.1) is 7.11 Å². The number of phenols is 1. The highest BCUT2D eigenvalue weighted by Crippen LogP contribution is 2.32. The van der Waals surface area contributed by atoms with Crippen LogP contribution < -0.4 is 10.4 Å². The van der Waals surface area contributed by atoms with Crippen LogP contribution in [0.15, 0.2) is 27.4 Å². The molecule has 1 aromatic heterocycles. The monoisotopic (exact) mass is 248 g/mol. The number of fused-ring (bicyclic) bond motifs is 1. The maximum absolute atomic E-state index is 11.9. The normalized spacial score (nSPS) is 11.8. The Morgan fingerprint density at radius 1 is 1.22 bits per heavy atom. The smallest absolute Gasteiger partial charge is 0.339 e. The van der Waals surface area contributed by atoms with Gasteiger partial charge in [0, 0.05) is 17.0 Å². The summed E-state index contributed by atoms with van der Waals surface area (Å²) in [5.41, 5.74) is 0.286. The van der Waals surface area contributed by atoms with Crippen molar-refractivity contribution in [1.82, 2.24) is 0 Å². The third-order valence-corrected chi connectivity index (χ3v) is 2.84. The van der Waals surface area contributed by atoms with Gasteiger partial charge in [0.2, 0.25) is 0 Å². The van der Waals surface area contributed by atoms with Crippen LogP contribution in [0.1, 0.15) is 26.3 Å². The van der Waals surface area contributed by atoms with Gasteiger partial charge in [-0.2, -0.15) is 0 Å². The average Bonchev–Trinajstić information content (AvgIpc) is 2.26. The van der Waals surface area contributed by atoms with E-state index in [0.29, 0.717) is 16.9 Å². The molecule has 2 rings (SSSR count). The van der Waals surface area contributed by atoms with Crippen molar-refractivity contribution in [1.29, 1.82) is 0 Å². The number of aromatic hydroxyl groups is 1. The molecule has 0 spiro atoms. The molecule has 4 heteroatoms. The lowest BCUT2D eigenvalue weighted by atomic mass is 9.88. The molecule has 0 fully saturated rings. The molecule has 0 bridgehead atoms. The molecule has 96 valence electrons. The first-order chi connectivity index (χ1) is 8.32. The zero-order valence-electron chi connectivity index (χ0n) is 10.9. The highest BCUT2D eigenvalue weighted by Gasteiger charge is 2.20. The van der Waals surface area contributed by atoms with Crippen molar-refractivity contribution in [2.45, 2.75) is 26.2 Å². The van der Waals surface area contributed by atoms with E-state index in [-0.39, 0.29) is 16.8 Å². The summed E-state index contributed by atoms with van der Waals surface area (Å²) in [6.07, 6.45) is 0. The molecule has 0 radical (unpaired) electrons. The van der Waals surface area contributed by atoms with E-state index in [2.05, 4.69) is 0 Å². The second kappa shape index (κ2) is 4.05. The quantitative estimate of drug-likeness (QED) is 0.788. The van der Waals surface area contributed by atoms with Gasteiger partial charge in [0.25, 0.3) is 0 Å². The molecule has 0 amide bonds. The molecule has 0 saturated heterocycles. The molecule has 0 atom stereocenters. The van der Waals surface area contributed by atoms with Crippen LogP contribution in [0.5, 0.6) is 11.5 Å². The van der Waals surface area contributed by atoms with Gasteiger partial charge in [-0.3, -0.25) is 0 Å². The van der Waals surface area contributed by atoms with Crippen molar-refractivity contribution in [2.75, 3.05) is 7.11 Å². The molecule has 1 N–H and O–H groups in total. The molecule has 0 saturated carbocycles. The Balaban J connectivity index is 2.78. The van der Waals surface area contributed by atoms with E-state index in [0.717, 1.165) is 5.39 Å². The number of hydrogen-bond acceptors (Lipinski definition) is 4. The Kier molecular flexibility index (Phi) is 2.81. The van der Waals surface area contributed by atoms with Gasteiger partial charge in [0.1, 0.15) is 5.58 Å². The number of phenolic OH excluding ortho intramolecular Hbond substituents is 1. The van der Waals surface area contributed by atoms with Gasteiger partial charge in [-0.05, 0) is 17.5 Å². The van der Waals surface area contributed by atoms with Gasteiger partial charge in [-0.1, -0.05) is 20.8 Å². The fourth-order valence-corrected chi connectivity index (χ4v) is 1.82. The highest BCUT2D eigenvalue weighted by atomic mass is 16.5. The second-order valence-electron chi connectivity index (χ2n) is 5.26. The number of ether oxygens (including phenoxy) is 1. The first-order valence-corrected chi connectivity index (χ1v) is 5.68. The molecule has 4 nitrogen and oxygen atoms in total. The Bertz CT molecular complexity index is 647. The van der Waals surface area contributed by atoms with Crippen LogP contribution in [0.25, 0.3) is 11.0 Å². The minimum absolute atomic E-state index is 0.0448. The topological polar surface area (TPSA) is 59.7 Å². The maximum atomic E-state index is 11.9. The van der Waals surface area contributed by atoms with Crippen molar-refractivity contribution in [3.63, 3.8) is 0 Å². The lowest BCUT2D eigenvalue weighted by Gasteiger charge is -2.17. The molecule has 0 aliphatic carbocycles. The summed E-state index contributed by atoms with van der Waals surface area (Å²) in [7, 11) is 1.48. The number of benzene rings is 1. The van der Waals surface area contributed by atoms with E-state index >= 15 is 0 Å². The Morgan fingerprint density at radius 2 is 1.89 bits per heavy atom. The number of rotatable bonds is 1.